The van der Waals surface area contributed by atoms with E-state index in [0.29, 0.717) is 23.1 Å². The summed E-state index contributed by atoms with van der Waals surface area (Å²) in [4.78, 5) is 14.6. The molecule has 1 amide bonds. The van der Waals surface area contributed by atoms with Gasteiger partial charge in [0, 0.05) is 23.5 Å². The van der Waals surface area contributed by atoms with Crippen LogP contribution >= 0.6 is 11.8 Å². The average Bonchev–Trinajstić information content (AvgIpc) is 3.19. The van der Waals surface area contributed by atoms with Crippen LogP contribution in [0.25, 0.3) is 5.69 Å². The molecule has 0 aliphatic carbocycles. The van der Waals surface area contributed by atoms with E-state index in [-0.39, 0.29) is 24.0 Å². The molecule has 0 saturated carbocycles. The van der Waals surface area contributed by atoms with Crippen molar-refractivity contribution >= 4 is 23.4 Å². The molecule has 4 rings (SSSR count). The molecule has 0 bridgehead atoms. The molecule has 2 heterocycles. The number of rotatable bonds is 8. The molecule has 1 aromatic heterocycles. The van der Waals surface area contributed by atoms with Crippen LogP contribution in [-0.2, 0) is 11.3 Å². The topological polar surface area (TPSA) is 63.1 Å². The molecule has 1 saturated heterocycles. The smallest absolute Gasteiger partial charge is 0.225 e. The molecular formula is C23H25F2N5OS. The molecule has 9 heteroatoms. The minimum absolute atomic E-state index is 0.162. The van der Waals surface area contributed by atoms with E-state index < -0.39 is 0 Å². The summed E-state index contributed by atoms with van der Waals surface area (Å²) < 4.78 is 28.4. The standard InChI is InChI=1S/C23H25F2N5OS/c24-17-4-8-19(9-5-17)26-22(31)12-15-32-23-28-27-21(16-29-13-2-1-3-14-29)30(23)20-10-6-18(25)7-11-20/h4-11H,1-3,12-16H2,(H,26,31). The molecule has 1 aliphatic heterocycles. The van der Waals surface area contributed by atoms with Crippen molar-refractivity contribution < 1.29 is 13.6 Å². The molecule has 168 valence electrons. The van der Waals surface area contributed by atoms with Gasteiger partial charge in [0.05, 0.1) is 6.54 Å². The first kappa shape index (κ1) is 22.4. The first-order chi connectivity index (χ1) is 15.6. The Morgan fingerprint density at radius 1 is 0.938 bits per heavy atom. The Hall–Kier alpha value is -2.78. The van der Waals surface area contributed by atoms with Crippen molar-refractivity contribution in [3.8, 4) is 5.69 Å². The van der Waals surface area contributed by atoms with E-state index in [0.717, 1.165) is 24.6 Å². The number of piperidine rings is 1. The molecule has 3 aromatic rings. The first-order valence-corrected chi connectivity index (χ1v) is 11.7. The van der Waals surface area contributed by atoms with Crippen molar-refractivity contribution in [1.82, 2.24) is 19.7 Å². The molecule has 0 atom stereocenters. The summed E-state index contributed by atoms with van der Waals surface area (Å²) in [5.74, 6) is 0.489. The molecule has 1 N–H and O–H groups in total. The van der Waals surface area contributed by atoms with Gasteiger partial charge in [-0.1, -0.05) is 18.2 Å². The van der Waals surface area contributed by atoms with E-state index in [1.807, 2.05) is 4.57 Å². The minimum Gasteiger partial charge on any atom is -0.326 e. The van der Waals surface area contributed by atoms with Crippen LogP contribution in [0.2, 0.25) is 0 Å². The Morgan fingerprint density at radius 3 is 2.28 bits per heavy atom. The second-order valence-corrected chi connectivity index (χ2v) is 8.76. The van der Waals surface area contributed by atoms with Gasteiger partial charge >= 0.3 is 0 Å². The van der Waals surface area contributed by atoms with E-state index in [4.69, 9.17) is 0 Å². The molecule has 1 fully saturated rings. The van der Waals surface area contributed by atoms with E-state index in [1.165, 1.54) is 67.4 Å². The normalized spacial score (nSPS) is 14.4. The van der Waals surface area contributed by atoms with Crippen molar-refractivity contribution in [2.75, 3.05) is 24.2 Å². The van der Waals surface area contributed by atoms with Crippen LogP contribution in [0, 0.1) is 11.6 Å². The summed E-state index contributed by atoms with van der Waals surface area (Å²) in [6.45, 7) is 2.74. The first-order valence-electron chi connectivity index (χ1n) is 10.7. The number of carbonyl (C=O) groups is 1. The van der Waals surface area contributed by atoms with Gasteiger partial charge in [-0.05, 0) is 74.5 Å². The Balaban J connectivity index is 1.43. The summed E-state index contributed by atoms with van der Waals surface area (Å²) >= 11 is 1.43. The monoisotopic (exact) mass is 457 g/mol. The number of anilines is 1. The Kier molecular flexibility index (Phi) is 7.49. The summed E-state index contributed by atoms with van der Waals surface area (Å²) in [7, 11) is 0. The average molecular weight is 458 g/mol. The predicted octanol–water partition coefficient (Wildman–Crippen LogP) is 4.65. The molecule has 2 aromatic carbocycles. The minimum atomic E-state index is -0.348. The van der Waals surface area contributed by atoms with Gasteiger partial charge in [0.2, 0.25) is 5.91 Å². The van der Waals surface area contributed by atoms with Gasteiger partial charge in [0.1, 0.15) is 11.6 Å². The van der Waals surface area contributed by atoms with E-state index in [2.05, 4.69) is 20.4 Å². The van der Waals surface area contributed by atoms with Gasteiger partial charge in [0.15, 0.2) is 11.0 Å². The number of nitrogens with zero attached hydrogens (tertiary/aromatic N) is 4. The maximum absolute atomic E-state index is 13.5. The number of carbonyl (C=O) groups excluding carboxylic acids is 1. The van der Waals surface area contributed by atoms with Crippen LogP contribution in [0.1, 0.15) is 31.5 Å². The highest BCUT2D eigenvalue weighted by Gasteiger charge is 2.19. The number of amides is 1. The Morgan fingerprint density at radius 2 is 1.59 bits per heavy atom. The number of thioether (sulfide) groups is 1. The predicted molar refractivity (Wildman–Crippen MR) is 121 cm³/mol. The van der Waals surface area contributed by atoms with Crippen molar-refractivity contribution in [3.05, 3.63) is 66.0 Å². The van der Waals surface area contributed by atoms with Gasteiger partial charge in [0.25, 0.3) is 0 Å². The SMILES string of the molecule is O=C(CCSc1nnc(CN2CCCCC2)n1-c1ccc(F)cc1)Nc1ccc(F)cc1. The lowest BCUT2D eigenvalue weighted by Gasteiger charge is -2.26. The van der Waals surface area contributed by atoms with Crippen LogP contribution in [0.5, 0.6) is 0 Å². The Labute approximate surface area is 190 Å². The summed E-state index contributed by atoms with van der Waals surface area (Å²) in [5.41, 5.74) is 1.35. The van der Waals surface area contributed by atoms with Crippen LogP contribution in [-0.4, -0.2) is 44.4 Å². The third kappa shape index (κ3) is 5.92. The molecule has 1 aliphatic rings. The third-order valence-electron chi connectivity index (χ3n) is 5.29. The number of likely N-dealkylation sites (tertiary alicyclic amines) is 1. The fourth-order valence-corrected chi connectivity index (χ4v) is 4.56. The lowest BCUT2D eigenvalue weighted by atomic mass is 10.1. The van der Waals surface area contributed by atoms with Crippen molar-refractivity contribution in [2.45, 2.75) is 37.4 Å². The number of hydrogen-bond donors (Lipinski definition) is 1. The Bertz CT molecular complexity index is 1030. The number of benzene rings is 2. The molecule has 32 heavy (non-hydrogen) atoms. The summed E-state index contributed by atoms with van der Waals surface area (Å²) in [6.07, 6.45) is 3.87. The van der Waals surface area contributed by atoms with Crippen LogP contribution in [0.3, 0.4) is 0 Å². The fourth-order valence-electron chi connectivity index (χ4n) is 3.65. The van der Waals surface area contributed by atoms with E-state index in [9.17, 15) is 13.6 Å². The zero-order chi connectivity index (χ0) is 22.3. The third-order valence-corrected chi connectivity index (χ3v) is 6.22. The number of aromatic nitrogens is 3. The van der Waals surface area contributed by atoms with Gasteiger partial charge < -0.3 is 5.32 Å². The quantitative estimate of drug-likeness (QED) is 0.499. The van der Waals surface area contributed by atoms with Gasteiger partial charge in [-0.2, -0.15) is 0 Å². The summed E-state index contributed by atoms with van der Waals surface area (Å²) in [5, 5.41) is 12.2. The highest BCUT2D eigenvalue weighted by atomic mass is 32.2. The van der Waals surface area contributed by atoms with Gasteiger partial charge in [-0.3, -0.25) is 14.3 Å². The second-order valence-electron chi connectivity index (χ2n) is 7.70. The lowest BCUT2D eigenvalue weighted by molar-refractivity contribution is -0.115. The summed E-state index contributed by atoms with van der Waals surface area (Å²) in [6, 6.07) is 11.9. The van der Waals surface area contributed by atoms with Gasteiger partial charge in [-0.25, -0.2) is 8.78 Å². The number of hydrogen-bond acceptors (Lipinski definition) is 5. The molecule has 0 spiro atoms. The second kappa shape index (κ2) is 10.7. The van der Waals surface area contributed by atoms with Crippen LogP contribution < -0.4 is 5.32 Å². The number of nitrogens with one attached hydrogen (secondary N) is 1. The molecule has 6 nitrogen and oxygen atoms in total. The van der Waals surface area contributed by atoms with Crippen LogP contribution in [0.4, 0.5) is 14.5 Å². The van der Waals surface area contributed by atoms with Crippen molar-refractivity contribution in [1.29, 1.82) is 0 Å². The van der Waals surface area contributed by atoms with Crippen molar-refractivity contribution in [3.63, 3.8) is 0 Å². The van der Waals surface area contributed by atoms with Gasteiger partial charge in [-0.15, -0.1) is 10.2 Å². The lowest BCUT2D eigenvalue weighted by Crippen LogP contribution is -2.30. The van der Waals surface area contributed by atoms with E-state index in [1.54, 1.807) is 12.1 Å². The molecular weight excluding hydrogens is 432 g/mol. The molecule has 0 radical (unpaired) electrons. The zero-order valence-electron chi connectivity index (χ0n) is 17.6. The van der Waals surface area contributed by atoms with E-state index >= 15 is 0 Å². The maximum atomic E-state index is 13.5. The molecule has 0 unspecified atom stereocenters. The number of halogens is 2. The van der Waals surface area contributed by atoms with Crippen molar-refractivity contribution in [2.24, 2.45) is 0 Å². The zero-order valence-corrected chi connectivity index (χ0v) is 18.5. The fraction of sp³-hybridized carbons (Fsp3) is 0.348. The largest absolute Gasteiger partial charge is 0.326 e. The van der Waals surface area contributed by atoms with Crippen LogP contribution in [0.15, 0.2) is 53.7 Å². The maximum Gasteiger partial charge on any atom is 0.225 e. The highest BCUT2D eigenvalue weighted by molar-refractivity contribution is 7.99. The highest BCUT2D eigenvalue weighted by Crippen LogP contribution is 2.24.